The van der Waals surface area contributed by atoms with E-state index in [0.717, 1.165) is 0 Å². The molecule has 0 spiro atoms. The lowest BCUT2D eigenvalue weighted by atomic mass is 10.9. The lowest BCUT2D eigenvalue weighted by Crippen LogP contribution is -2.54. The topological polar surface area (TPSA) is 111 Å². The fraction of sp³-hybridized carbons (Fsp3) is 1.00. The van der Waals surface area contributed by atoms with E-state index >= 15 is 0 Å². The SMILES string of the molecule is CCO[Si](OCC)(OCC)OP(O[Si](OCC)(OCC)OCC)O[Si](OCC)(OCC)OCC. The molecule has 0 amide bonds. The minimum absolute atomic E-state index is 0.283. The van der Waals surface area contributed by atoms with Gasteiger partial charge < -0.3 is 39.8 Å². The Kier molecular flexibility index (Phi) is 20.0. The molecule has 0 unspecified atom stereocenters. The van der Waals surface area contributed by atoms with Crippen LogP contribution in [-0.4, -0.2) is 86.6 Å². The molecule has 0 aliphatic heterocycles. The van der Waals surface area contributed by atoms with Crippen molar-refractivity contribution >= 4 is 35.7 Å². The molecule has 0 aliphatic carbocycles. The molecular weight excluding hydrogens is 523 g/mol. The van der Waals surface area contributed by atoms with Gasteiger partial charge in [-0.05, 0) is 62.3 Å². The third kappa shape index (κ3) is 12.2. The second-order valence-electron chi connectivity index (χ2n) is 5.89. The second-order valence-corrected chi connectivity index (χ2v) is 14.1. The van der Waals surface area contributed by atoms with Crippen LogP contribution in [0.3, 0.4) is 0 Å². The van der Waals surface area contributed by atoms with Gasteiger partial charge in [0.05, 0.1) is 0 Å². The molecular formula is C18H45O12PSi3. The van der Waals surface area contributed by atoms with Crippen LogP contribution in [0.4, 0.5) is 0 Å². The van der Waals surface area contributed by atoms with Crippen molar-refractivity contribution < 1.29 is 52.5 Å². The molecule has 206 valence electrons. The van der Waals surface area contributed by atoms with Crippen LogP contribution in [0.15, 0.2) is 0 Å². The number of hydrogen-bond donors (Lipinski definition) is 0. The van der Waals surface area contributed by atoms with Crippen molar-refractivity contribution in [3.8, 4) is 0 Å². The lowest BCUT2D eigenvalue weighted by molar-refractivity contribution is -0.0247. The molecule has 0 saturated carbocycles. The van der Waals surface area contributed by atoms with Crippen molar-refractivity contribution in [2.75, 3.05) is 59.5 Å². The summed E-state index contributed by atoms with van der Waals surface area (Å²) in [6, 6.07) is 0. The van der Waals surface area contributed by atoms with Crippen LogP contribution in [0.25, 0.3) is 0 Å². The molecule has 0 N–H and O–H groups in total. The summed E-state index contributed by atoms with van der Waals surface area (Å²) in [4.78, 5) is 0. The second kappa shape index (κ2) is 19.7. The monoisotopic (exact) mass is 568 g/mol. The minimum Gasteiger partial charge on any atom is -0.351 e. The van der Waals surface area contributed by atoms with Crippen molar-refractivity contribution in [1.82, 2.24) is 0 Å². The smallest absolute Gasteiger partial charge is 0.351 e. The molecule has 34 heavy (non-hydrogen) atoms. The highest BCUT2D eigenvalue weighted by atomic mass is 31.2. The summed E-state index contributed by atoms with van der Waals surface area (Å²) in [6.45, 7) is 18.9. The molecule has 0 saturated heterocycles. The fourth-order valence-corrected chi connectivity index (χ4v) is 12.0. The average Bonchev–Trinajstić information content (AvgIpc) is 2.75. The number of rotatable bonds is 24. The van der Waals surface area contributed by atoms with Gasteiger partial charge in [0.1, 0.15) is 0 Å². The molecule has 0 aliphatic rings. The van der Waals surface area contributed by atoms with Gasteiger partial charge in [0.15, 0.2) is 0 Å². The van der Waals surface area contributed by atoms with Crippen molar-refractivity contribution in [2.45, 2.75) is 62.3 Å². The van der Waals surface area contributed by atoms with Crippen LogP contribution < -0.4 is 0 Å². The van der Waals surface area contributed by atoms with E-state index in [1.54, 1.807) is 0 Å². The first-order chi connectivity index (χ1) is 16.3. The molecule has 16 heteroatoms. The highest BCUT2D eigenvalue weighted by molar-refractivity contribution is 7.46. The summed E-state index contributed by atoms with van der Waals surface area (Å²) in [7, 11) is -13.5. The van der Waals surface area contributed by atoms with Gasteiger partial charge >= 0.3 is 35.7 Å². The standard InChI is InChI=1S/C18H45O12PSi3/c1-10-19-32(20-11-2,21-12-3)28-31(29-33(22-13-4,23-14-5)24-15-6)30-34(25-16-7,26-17-8)27-18-9/h10-18H2,1-9H3. The highest BCUT2D eigenvalue weighted by Gasteiger charge is 2.58. The molecule has 0 heterocycles. The first-order valence-corrected chi connectivity index (χ1v) is 18.0. The summed E-state index contributed by atoms with van der Waals surface area (Å²) in [5.74, 6) is 0. The zero-order valence-corrected chi connectivity index (χ0v) is 26.1. The van der Waals surface area contributed by atoms with Gasteiger partial charge in [0.2, 0.25) is 0 Å². The molecule has 0 rings (SSSR count). The Morgan fingerprint density at radius 2 is 0.471 bits per heavy atom. The normalized spacial score (nSPS) is 13.2. The van der Waals surface area contributed by atoms with Crippen LogP contribution in [0.5, 0.6) is 0 Å². The Hall–Kier alpha value is 0.601. The molecule has 0 fully saturated rings. The van der Waals surface area contributed by atoms with E-state index in [-0.39, 0.29) is 59.5 Å². The van der Waals surface area contributed by atoms with E-state index in [1.165, 1.54) is 0 Å². The highest BCUT2D eigenvalue weighted by Crippen LogP contribution is 2.49. The van der Waals surface area contributed by atoms with Crippen molar-refractivity contribution in [2.24, 2.45) is 0 Å². The first-order valence-electron chi connectivity index (χ1n) is 12.0. The van der Waals surface area contributed by atoms with E-state index in [4.69, 9.17) is 52.5 Å². The summed E-state index contributed by atoms with van der Waals surface area (Å²) < 4.78 is 71.3. The predicted molar refractivity (Wildman–Crippen MR) is 132 cm³/mol. The van der Waals surface area contributed by atoms with Gasteiger partial charge in [-0.15, -0.1) is 0 Å². The van der Waals surface area contributed by atoms with E-state index in [2.05, 4.69) is 0 Å². The first kappa shape index (κ1) is 34.6. The van der Waals surface area contributed by atoms with E-state index in [1.807, 2.05) is 62.3 Å². The van der Waals surface area contributed by atoms with Crippen molar-refractivity contribution in [1.29, 1.82) is 0 Å². The minimum atomic E-state index is -3.71. The molecule has 0 aromatic heterocycles. The van der Waals surface area contributed by atoms with Gasteiger partial charge in [-0.2, -0.15) is 0 Å². The summed E-state index contributed by atoms with van der Waals surface area (Å²) in [5.41, 5.74) is 0. The summed E-state index contributed by atoms with van der Waals surface area (Å²) >= 11 is 0. The zero-order chi connectivity index (χ0) is 25.9. The third-order valence-corrected chi connectivity index (χ3v) is 13.7. The Balaban J connectivity index is 6.41. The molecule has 0 bridgehead atoms. The largest absolute Gasteiger partial charge is 0.686 e. The third-order valence-electron chi connectivity index (χ3n) is 3.45. The Morgan fingerprint density at radius 1 is 0.324 bits per heavy atom. The van der Waals surface area contributed by atoms with Crippen LogP contribution in [0.1, 0.15) is 62.3 Å². The number of hydrogen-bond acceptors (Lipinski definition) is 12. The van der Waals surface area contributed by atoms with E-state index in [9.17, 15) is 0 Å². The maximum Gasteiger partial charge on any atom is 0.686 e. The molecule has 0 radical (unpaired) electrons. The maximum atomic E-state index is 6.23. The lowest BCUT2D eigenvalue weighted by Gasteiger charge is -2.36. The summed E-state index contributed by atoms with van der Waals surface area (Å²) in [5, 5.41) is 0. The van der Waals surface area contributed by atoms with Crippen LogP contribution in [0.2, 0.25) is 0 Å². The fourth-order valence-electron chi connectivity index (χ4n) is 2.53. The van der Waals surface area contributed by atoms with Crippen molar-refractivity contribution in [3.05, 3.63) is 0 Å². The molecule has 0 aromatic carbocycles. The molecule has 0 atom stereocenters. The van der Waals surface area contributed by atoms with E-state index < -0.39 is 35.7 Å². The average molecular weight is 569 g/mol. The van der Waals surface area contributed by atoms with Crippen LogP contribution in [0, 0.1) is 0 Å². The van der Waals surface area contributed by atoms with E-state index in [0.29, 0.717) is 0 Å². The summed E-state index contributed by atoms with van der Waals surface area (Å²) in [6.07, 6.45) is 0. The van der Waals surface area contributed by atoms with Gasteiger partial charge in [-0.25, -0.2) is 0 Å². The van der Waals surface area contributed by atoms with Gasteiger partial charge in [0.25, 0.3) is 0 Å². The van der Waals surface area contributed by atoms with Crippen LogP contribution >= 0.6 is 8.60 Å². The predicted octanol–water partition coefficient (Wildman–Crippen LogP) is 3.90. The quantitative estimate of drug-likeness (QED) is 0.124. The van der Waals surface area contributed by atoms with Gasteiger partial charge in [-0.1, -0.05) is 0 Å². The maximum absolute atomic E-state index is 6.23. The Labute approximate surface area is 210 Å². The zero-order valence-electron chi connectivity index (χ0n) is 22.2. The Morgan fingerprint density at radius 3 is 0.588 bits per heavy atom. The van der Waals surface area contributed by atoms with Crippen LogP contribution in [-0.2, 0) is 52.5 Å². The van der Waals surface area contributed by atoms with Gasteiger partial charge in [-0.3, -0.25) is 12.6 Å². The van der Waals surface area contributed by atoms with Gasteiger partial charge in [0, 0.05) is 59.5 Å². The molecule has 0 aromatic rings. The van der Waals surface area contributed by atoms with Crippen molar-refractivity contribution in [3.63, 3.8) is 0 Å². The molecule has 12 nitrogen and oxygen atoms in total. The Bertz CT molecular complexity index is 379.